The third-order valence-electron chi connectivity index (χ3n) is 2.89. The molecule has 0 bridgehead atoms. The average Bonchev–Trinajstić information content (AvgIpc) is 2.52. The van der Waals surface area contributed by atoms with Gasteiger partial charge in [0.2, 0.25) is 0 Å². The molecule has 0 amide bonds. The molecule has 0 unspecified atom stereocenters. The van der Waals surface area contributed by atoms with Crippen molar-refractivity contribution in [2.24, 2.45) is 0 Å². The maximum atomic E-state index is 12.1. The van der Waals surface area contributed by atoms with Crippen molar-refractivity contribution >= 4 is 17.5 Å². The summed E-state index contributed by atoms with van der Waals surface area (Å²) in [6, 6.07) is 13.0. The lowest BCUT2D eigenvalue weighted by Gasteiger charge is -2.00. The Labute approximate surface area is 121 Å². The van der Waals surface area contributed by atoms with E-state index >= 15 is 0 Å². The van der Waals surface area contributed by atoms with Crippen LogP contribution in [0.4, 0.5) is 5.69 Å². The van der Waals surface area contributed by atoms with Gasteiger partial charge in [-0.15, -0.1) is 0 Å². The Morgan fingerprint density at radius 1 is 1.19 bits per heavy atom. The lowest BCUT2D eigenvalue weighted by Crippen LogP contribution is -2.00. The second-order valence-electron chi connectivity index (χ2n) is 4.25. The summed E-state index contributed by atoms with van der Waals surface area (Å²) in [6.07, 6.45) is 2.92. The van der Waals surface area contributed by atoms with Crippen LogP contribution in [0.1, 0.15) is 15.9 Å². The van der Waals surface area contributed by atoms with E-state index in [-0.39, 0.29) is 11.3 Å². The van der Waals surface area contributed by atoms with E-state index in [9.17, 15) is 14.9 Å². The minimum Gasteiger partial charge on any atom is -0.497 e. The van der Waals surface area contributed by atoms with E-state index in [0.29, 0.717) is 5.75 Å². The molecule has 0 atom stereocenters. The summed E-state index contributed by atoms with van der Waals surface area (Å²) >= 11 is 0. The fourth-order valence-electron chi connectivity index (χ4n) is 1.85. The molecular weight excluding hydrogens is 270 g/mol. The zero-order valence-electron chi connectivity index (χ0n) is 11.4. The van der Waals surface area contributed by atoms with Gasteiger partial charge in [-0.1, -0.05) is 30.3 Å². The molecule has 0 aromatic heterocycles. The van der Waals surface area contributed by atoms with Crippen molar-refractivity contribution < 1.29 is 14.5 Å². The van der Waals surface area contributed by atoms with Crippen molar-refractivity contribution in [1.29, 1.82) is 0 Å². The number of ether oxygens (including phenoxy) is 1. The van der Waals surface area contributed by atoms with E-state index in [1.807, 2.05) is 6.07 Å². The highest BCUT2D eigenvalue weighted by Gasteiger charge is 2.16. The zero-order valence-corrected chi connectivity index (χ0v) is 11.4. The molecule has 21 heavy (non-hydrogen) atoms. The molecule has 5 nitrogen and oxygen atoms in total. The first-order valence-electron chi connectivity index (χ1n) is 6.21. The third-order valence-corrected chi connectivity index (χ3v) is 2.89. The molecule has 0 radical (unpaired) electrons. The Balaban J connectivity index is 2.25. The van der Waals surface area contributed by atoms with Crippen LogP contribution in [0.25, 0.3) is 6.08 Å². The first kappa shape index (κ1) is 14.5. The Morgan fingerprint density at radius 3 is 2.67 bits per heavy atom. The predicted molar refractivity (Wildman–Crippen MR) is 79.5 cm³/mol. The van der Waals surface area contributed by atoms with Crippen molar-refractivity contribution in [3.05, 3.63) is 75.8 Å². The Bertz CT molecular complexity index is 707. The molecule has 2 aromatic carbocycles. The van der Waals surface area contributed by atoms with Crippen LogP contribution in [0, 0.1) is 10.1 Å². The second-order valence-corrected chi connectivity index (χ2v) is 4.25. The van der Waals surface area contributed by atoms with Crippen molar-refractivity contribution in [3.63, 3.8) is 0 Å². The first-order valence-corrected chi connectivity index (χ1v) is 6.21. The van der Waals surface area contributed by atoms with Gasteiger partial charge in [-0.25, -0.2) is 0 Å². The van der Waals surface area contributed by atoms with E-state index in [4.69, 9.17) is 4.74 Å². The van der Waals surface area contributed by atoms with E-state index in [1.54, 1.807) is 37.5 Å². The highest BCUT2D eigenvalue weighted by molar-refractivity contribution is 6.09. The van der Waals surface area contributed by atoms with Gasteiger partial charge in [-0.05, 0) is 29.8 Å². The molecule has 0 spiro atoms. The van der Waals surface area contributed by atoms with Crippen LogP contribution in [0.5, 0.6) is 5.75 Å². The topological polar surface area (TPSA) is 69.4 Å². The maximum Gasteiger partial charge on any atom is 0.280 e. The molecule has 0 saturated heterocycles. The van der Waals surface area contributed by atoms with Crippen LogP contribution in [0.3, 0.4) is 0 Å². The van der Waals surface area contributed by atoms with E-state index in [2.05, 4.69) is 0 Å². The van der Waals surface area contributed by atoms with E-state index < -0.39 is 10.7 Å². The second kappa shape index (κ2) is 6.47. The smallest absolute Gasteiger partial charge is 0.280 e. The van der Waals surface area contributed by atoms with Crippen molar-refractivity contribution in [3.8, 4) is 5.75 Å². The van der Waals surface area contributed by atoms with Gasteiger partial charge in [0.1, 0.15) is 5.75 Å². The number of carbonyl (C=O) groups is 1. The number of para-hydroxylation sites is 1. The van der Waals surface area contributed by atoms with Crippen molar-refractivity contribution in [1.82, 2.24) is 0 Å². The molecule has 0 heterocycles. The molecule has 0 aliphatic carbocycles. The van der Waals surface area contributed by atoms with Crippen LogP contribution >= 0.6 is 0 Å². The van der Waals surface area contributed by atoms with Crippen LogP contribution < -0.4 is 4.74 Å². The van der Waals surface area contributed by atoms with Crippen LogP contribution in [-0.4, -0.2) is 17.8 Å². The van der Waals surface area contributed by atoms with Gasteiger partial charge in [0.15, 0.2) is 5.78 Å². The van der Waals surface area contributed by atoms with Crippen molar-refractivity contribution in [2.45, 2.75) is 0 Å². The first-order chi connectivity index (χ1) is 10.1. The number of benzene rings is 2. The quantitative estimate of drug-likeness (QED) is 0.364. The number of nitrogens with zero attached hydrogens (tertiary/aromatic N) is 1. The summed E-state index contributed by atoms with van der Waals surface area (Å²) in [7, 11) is 1.56. The van der Waals surface area contributed by atoms with Crippen LogP contribution in [0.15, 0.2) is 54.6 Å². The van der Waals surface area contributed by atoms with Gasteiger partial charge in [0, 0.05) is 6.07 Å². The van der Waals surface area contributed by atoms with Crippen molar-refractivity contribution in [2.75, 3.05) is 7.11 Å². The van der Waals surface area contributed by atoms with Crippen LogP contribution in [0.2, 0.25) is 0 Å². The molecule has 5 heteroatoms. The van der Waals surface area contributed by atoms with E-state index in [0.717, 1.165) is 5.56 Å². The Kier molecular flexibility index (Phi) is 4.46. The number of carbonyl (C=O) groups excluding carboxylic acids is 1. The van der Waals surface area contributed by atoms with Gasteiger partial charge < -0.3 is 4.74 Å². The largest absolute Gasteiger partial charge is 0.497 e. The number of hydrogen-bond donors (Lipinski definition) is 0. The molecule has 0 N–H and O–H groups in total. The summed E-state index contributed by atoms with van der Waals surface area (Å²) in [5.74, 6) is 0.264. The normalized spacial score (nSPS) is 10.5. The summed E-state index contributed by atoms with van der Waals surface area (Å²) in [4.78, 5) is 22.4. The molecule has 106 valence electrons. The Hall–Kier alpha value is -2.95. The van der Waals surface area contributed by atoms with Gasteiger partial charge >= 0.3 is 0 Å². The Morgan fingerprint density at radius 2 is 1.95 bits per heavy atom. The SMILES string of the molecule is COc1cccc(/C=C/C(=O)c2ccccc2[N+](=O)[O-])c1. The number of allylic oxidation sites excluding steroid dienone is 1. The van der Waals surface area contributed by atoms with E-state index in [1.165, 1.54) is 24.3 Å². The number of hydrogen-bond acceptors (Lipinski definition) is 4. The molecular formula is C16H13NO4. The number of nitro groups is 1. The van der Waals surface area contributed by atoms with Crippen LogP contribution in [-0.2, 0) is 0 Å². The number of methoxy groups -OCH3 is 1. The molecule has 2 aromatic rings. The summed E-state index contributed by atoms with van der Waals surface area (Å²) in [6.45, 7) is 0. The standard InChI is InChI=1S/C16H13NO4/c1-21-13-6-4-5-12(11-13)9-10-16(18)14-7-2-3-8-15(14)17(19)20/h2-11H,1H3/b10-9+. The summed E-state index contributed by atoms with van der Waals surface area (Å²) in [5, 5.41) is 10.9. The summed E-state index contributed by atoms with van der Waals surface area (Å²) in [5.41, 5.74) is 0.653. The lowest BCUT2D eigenvalue weighted by atomic mass is 10.1. The molecule has 0 fully saturated rings. The third kappa shape index (κ3) is 3.54. The number of rotatable bonds is 5. The number of nitro benzene ring substituents is 1. The maximum absolute atomic E-state index is 12.1. The minimum atomic E-state index is -0.563. The minimum absolute atomic E-state index is 0.0710. The molecule has 0 aliphatic heterocycles. The average molecular weight is 283 g/mol. The fraction of sp³-hybridized carbons (Fsp3) is 0.0625. The number of ketones is 1. The summed E-state index contributed by atoms with van der Waals surface area (Å²) < 4.78 is 5.09. The van der Waals surface area contributed by atoms with Gasteiger partial charge in [-0.2, -0.15) is 0 Å². The lowest BCUT2D eigenvalue weighted by molar-refractivity contribution is -0.385. The highest BCUT2D eigenvalue weighted by atomic mass is 16.6. The van der Waals surface area contributed by atoms with Gasteiger partial charge in [0.05, 0.1) is 17.6 Å². The monoisotopic (exact) mass is 283 g/mol. The van der Waals surface area contributed by atoms with Gasteiger partial charge in [0.25, 0.3) is 5.69 Å². The highest BCUT2D eigenvalue weighted by Crippen LogP contribution is 2.19. The molecule has 2 rings (SSSR count). The predicted octanol–water partition coefficient (Wildman–Crippen LogP) is 3.50. The molecule has 0 saturated carbocycles. The zero-order chi connectivity index (χ0) is 15.2. The molecule has 0 aliphatic rings. The van der Waals surface area contributed by atoms with Gasteiger partial charge in [-0.3, -0.25) is 14.9 Å². The fourth-order valence-corrected chi connectivity index (χ4v) is 1.85.